The Morgan fingerprint density at radius 3 is 1.22 bits per heavy atom. The van der Waals surface area contributed by atoms with Crippen molar-refractivity contribution in [2.45, 2.75) is 12.0 Å². The van der Waals surface area contributed by atoms with E-state index in [1.807, 2.05) is 0 Å². The second-order valence-electron chi connectivity index (χ2n) is 22.3. The van der Waals surface area contributed by atoms with Crippen LogP contribution < -0.4 is 9.80 Å². The molecule has 2 unspecified atom stereocenters. The van der Waals surface area contributed by atoms with Gasteiger partial charge in [-0.05, 0) is 139 Å². The van der Waals surface area contributed by atoms with Crippen LogP contribution in [0.3, 0.4) is 0 Å². The van der Waals surface area contributed by atoms with Gasteiger partial charge >= 0.3 is 0 Å². The lowest BCUT2D eigenvalue weighted by Crippen LogP contribution is -2.30. The van der Waals surface area contributed by atoms with Gasteiger partial charge in [-0.15, -0.1) is 0 Å². The molecule has 2 aliphatic rings. The Bertz CT molecular complexity index is 5120. The maximum atomic E-state index is 2.60. The number of aromatic nitrogens is 2. The number of rotatable bonds is 6. The predicted octanol–water partition coefficient (Wildman–Crippen LogP) is 20.8. The van der Waals surface area contributed by atoms with Gasteiger partial charge in [0.25, 0.3) is 0 Å². The zero-order chi connectivity index (χ0) is 53.6. The lowest BCUT2D eigenvalue weighted by Gasteiger charge is -2.32. The van der Waals surface area contributed by atoms with Gasteiger partial charge in [0, 0.05) is 77.7 Å². The van der Waals surface area contributed by atoms with E-state index in [0.717, 1.165) is 28.4 Å². The topological polar surface area (TPSA) is 16.3 Å². The number of benzene rings is 14. The van der Waals surface area contributed by atoms with Crippen LogP contribution in [-0.2, 0) is 0 Å². The van der Waals surface area contributed by atoms with Crippen molar-refractivity contribution in [3.8, 4) is 11.4 Å². The van der Waals surface area contributed by atoms with Crippen molar-refractivity contribution >= 4 is 132 Å². The lowest BCUT2D eigenvalue weighted by molar-refractivity contribution is 0.725. The van der Waals surface area contributed by atoms with Crippen LogP contribution in [0.25, 0.3) is 115 Å². The van der Waals surface area contributed by atoms with Gasteiger partial charge in [-0.25, -0.2) is 0 Å². The third kappa shape index (κ3) is 6.49. The first-order valence-corrected chi connectivity index (χ1v) is 28.6. The average Bonchev–Trinajstić information content (AvgIpc) is 3.51. The van der Waals surface area contributed by atoms with E-state index in [9.17, 15) is 0 Å². The molecule has 0 saturated heterocycles. The Morgan fingerprint density at radius 2 is 0.695 bits per heavy atom. The molecule has 0 spiro atoms. The third-order valence-corrected chi connectivity index (χ3v) is 18.2. The van der Waals surface area contributed by atoms with Gasteiger partial charge in [0.15, 0.2) is 0 Å². The number of nitrogens with zero attached hydrogens (tertiary/aromatic N) is 4. The summed E-state index contributed by atoms with van der Waals surface area (Å²) >= 11 is 0. The summed E-state index contributed by atoms with van der Waals surface area (Å²) in [6.07, 6.45) is 4.75. The summed E-state index contributed by atoms with van der Waals surface area (Å²) in [6, 6.07) is 104. The second-order valence-corrected chi connectivity index (χ2v) is 22.3. The van der Waals surface area contributed by atoms with Crippen molar-refractivity contribution in [1.29, 1.82) is 0 Å². The van der Waals surface area contributed by atoms with Crippen LogP contribution in [0.4, 0.5) is 28.4 Å². The summed E-state index contributed by atoms with van der Waals surface area (Å²) in [6.45, 7) is 0. The van der Waals surface area contributed by atoms with Gasteiger partial charge in [-0.1, -0.05) is 206 Å². The lowest BCUT2D eigenvalue weighted by atomic mass is 9.81. The fourth-order valence-electron chi connectivity index (χ4n) is 14.6. The molecule has 16 aromatic rings. The molecule has 82 heavy (non-hydrogen) atoms. The predicted molar refractivity (Wildman–Crippen MR) is 347 cm³/mol. The van der Waals surface area contributed by atoms with E-state index in [4.69, 9.17) is 0 Å². The maximum Gasteiger partial charge on any atom is 0.0636 e. The molecule has 1 aliphatic carbocycles. The highest BCUT2D eigenvalue weighted by molar-refractivity contribution is 6.27. The summed E-state index contributed by atoms with van der Waals surface area (Å²) in [5, 5.41) is 17.6. The van der Waals surface area contributed by atoms with Gasteiger partial charge in [-0.2, -0.15) is 0 Å². The first-order chi connectivity index (χ1) is 40.7. The summed E-state index contributed by atoms with van der Waals surface area (Å²) in [5.41, 5.74) is 16.8. The molecule has 4 nitrogen and oxygen atoms in total. The Labute approximate surface area is 473 Å². The van der Waals surface area contributed by atoms with Gasteiger partial charge in [0.05, 0.1) is 33.8 Å². The van der Waals surface area contributed by atoms with E-state index in [2.05, 4.69) is 310 Å². The van der Waals surface area contributed by atoms with Crippen molar-refractivity contribution in [3.63, 3.8) is 0 Å². The Kier molecular flexibility index (Phi) is 9.60. The minimum atomic E-state index is 0.129. The SMILES string of the molecule is C1=CC2C(c3ccccc31)c1ccc3ccccc3c1N2c1ccc(N(c2ccc(-n3c4ccc5ccccc5c4c4ccc5ccccc5c43)cc2)c2ccc(-n3c4ccc5ccccc5c4c4ccc5ccccc5c43)cc2)cc1. The fraction of sp³-hybridized carbons (Fsp3) is 0.0256. The number of anilines is 5. The zero-order valence-electron chi connectivity index (χ0n) is 44.7. The molecule has 0 amide bonds. The van der Waals surface area contributed by atoms with Crippen molar-refractivity contribution < 1.29 is 0 Å². The third-order valence-electron chi connectivity index (χ3n) is 18.2. The van der Waals surface area contributed by atoms with E-state index < -0.39 is 0 Å². The molecular weight excluding hydrogens is 993 g/mol. The summed E-state index contributed by atoms with van der Waals surface area (Å²) in [5.74, 6) is 0.214. The normalized spacial score (nSPS) is 14.8. The highest BCUT2D eigenvalue weighted by Gasteiger charge is 2.42. The van der Waals surface area contributed by atoms with E-state index in [1.54, 1.807) is 0 Å². The van der Waals surface area contributed by atoms with Gasteiger partial charge in [0.2, 0.25) is 0 Å². The van der Waals surface area contributed by atoms with Crippen molar-refractivity contribution in [3.05, 3.63) is 302 Å². The average molecular weight is 1040 g/mol. The van der Waals surface area contributed by atoms with Crippen LogP contribution in [0.5, 0.6) is 0 Å². The highest BCUT2D eigenvalue weighted by Crippen LogP contribution is 2.54. The quantitative estimate of drug-likeness (QED) is 0.165. The molecule has 0 saturated carbocycles. The van der Waals surface area contributed by atoms with Crippen molar-refractivity contribution in [2.24, 2.45) is 0 Å². The molecule has 0 radical (unpaired) electrons. The van der Waals surface area contributed by atoms with Crippen LogP contribution in [0, 0.1) is 0 Å². The number of hydrogen-bond acceptors (Lipinski definition) is 2. The van der Waals surface area contributed by atoms with E-state index in [1.165, 1.54) is 126 Å². The molecule has 0 N–H and O–H groups in total. The Hall–Kier alpha value is -10.7. The summed E-state index contributed by atoms with van der Waals surface area (Å²) < 4.78 is 4.97. The van der Waals surface area contributed by atoms with E-state index in [-0.39, 0.29) is 12.0 Å². The Morgan fingerprint density at radius 1 is 0.293 bits per heavy atom. The molecule has 2 aromatic heterocycles. The minimum Gasteiger partial charge on any atom is -0.333 e. The van der Waals surface area contributed by atoms with E-state index >= 15 is 0 Å². The molecule has 382 valence electrons. The van der Waals surface area contributed by atoms with Crippen LogP contribution >= 0.6 is 0 Å². The zero-order valence-corrected chi connectivity index (χ0v) is 44.7. The van der Waals surface area contributed by atoms with Crippen molar-refractivity contribution in [1.82, 2.24) is 9.13 Å². The fourth-order valence-corrected chi connectivity index (χ4v) is 14.6. The molecule has 4 heteroatoms. The highest BCUT2D eigenvalue weighted by atomic mass is 15.2. The summed E-state index contributed by atoms with van der Waals surface area (Å²) in [7, 11) is 0. The maximum absolute atomic E-state index is 2.60. The van der Waals surface area contributed by atoms with Gasteiger partial charge in [0.1, 0.15) is 0 Å². The molecular formula is C78H50N4. The van der Waals surface area contributed by atoms with Crippen molar-refractivity contribution in [2.75, 3.05) is 9.80 Å². The molecule has 1 aliphatic heterocycles. The first kappa shape index (κ1) is 45.2. The molecule has 0 fully saturated rings. The molecule has 0 bridgehead atoms. The minimum absolute atomic E-state index is 0.129. The van der Waals surface area contributed by atoms with Crippen LogP contribution in [0.2, 0.25) is 0 Å². The second kappa shape index (κ2) is 17.4. The molecule has 18 rings (SSSR count). The van der Waals surface area contributed by atoms with Gasteiger partial charge < -0.3 is 18.9 Å². The standard InChI is InChI=1S/C78H50N4/c1-7-19-61-49(13-1)28-46-70-73(61)67-43-25-52-16-4-10-22-64(52)76(67)80(70)58-37-31-55(32-38-58)79(56-33-39-59(40-34-56)81-71-47-29-50-14-2-8-20-62(50)74(71)68-44-26-53-17-5-11-23-65(53)77(68)81)57-35-41-60(42-36-57)82-72-48-30-51-15-3-9-21-63(51)75(72)69-45-27-54-18-6-12-24-66(54)78(69)82/h1-48,70,73H. The smallest absolute Gasteiger partial charge is 0.0636 e. The molecule has 2 atom stereocenters. The first-order valence-electron chi connectivity index (χ1n) is 28.6. The monoisotopic (exact) mass is 1040 g/mol. The number of fused-ring (bicyclic) bond motifs is 21. The Balaban J connectivity index is 0.814. The van der Waals surface area contributed by atoms with Gasteiger partial charge in [-0.3, -0.25) is 0 Å². The van der Waals surface area contributed by atoms with Crippen LogP contribution in [0.15, 0.2) is 285 Å². The molecule has 14 aromatic carbocycles. The van der Waals surface area contributed by atoms with Crippen LogP contribution in [-0.4, -0.2) is 15.2 Å². The van der Waals surface area contributed by atoms with E-state index in [0.29, 0.717) is 0 Å². The largest absolute Gasteiger partial charge is 0.333 e. The van der Waals surface area contributed by atoms with Crippen LogP contribution in [0.1, 0.15) is 22.6 Å². The number of hydrogen-bond donors (Lipinski definition) is 0. The molecule has 3 heterocycles. The summed E-state index contributed by atoms with van der Waals surface area (Å²) in [4.78, 5) is 5.03.